The molecule has 0 radical (unpaired) electrons. The van der Waals surface area contributed by atoms with Gasteiger partial charge in [-0.05, 0) is 40.9 Å². The smallest absolute Gasteiger partial charge is 0.0934 e. The number of hydrogen-bond acceptors (Lipinski definition) is 2. The summed E-state index contributed by atoms with van der Waals surface area (Å²) in [5, 5.41) is 4.89. The van der Waals surface area contributed by atoms with E-state index in [1.807, 2.05) is 6.20 Å². The van der Waals surface area contributed by atoms with Gasteiger partial charge in [-0.3, -0.25) is 4.98 Å². The average Bonchev–Trinajstić information content (AvgIpc) is 2.67. The van der Waals surface area contributed by atoms with Gasteiger partial charge in [0.25, 0.3) is 0 Å². The van der Waals surface area contributed by atoms with Crippen molar-refractivity contribution >= 4 is 32.5 Å². The zero-order chi connectivity index (χ0) is 13.1. The number of rotatable bonds is 2. The van der Waals surface area contributed by atoms with Crippen LogP contribution in [-0.2, 0) is 0 Å². The predicted octanol–water partition coefficient (Wildman–Crippen LogP) is 5.13. The molecule has 0 saturated heterocycles. The third-order valence-electron chi connectivity index (χ3n) is 3.89. The van der Waals surface area contributed by atoms with Crippen LogP contribution in [-0.4, -0.2) is 11.0 Å². The van der Waals surface area contributed by atoms with Crippen molar-refractivity contribution in [3.63, 3.8) is 0 Å². The number of pyridine rings is 1. The maximum absolute atomic E-state index is 4.56. The van der Waals surface area contributed by atoms with E-state index in [0.717, 1.165) is 9.99 Å². The molecule has 0 unspecified atom stereocenters. The molecule has 0 atom stereocenters. The van der Waals surface area contributed by atoms with Gasteiger partial charge in [-0.2, -0.15) is 0 Å². The first kappa shape index (κ1) is 12.9. The van der Waals surface area contributed by atoms with E-state index in [0.29, 0.717) is 6.04 Å². The molecule has 1 N–H and O–H groups in total. The molecule has 2 nitrogen and oxygen atoms in total. The average molecular weight is 319 g/mol. The van der Waals surface area contributed by atoms with Gasteiger partial charge in [-0.25, -0.2) is 0 Å². The van der Waals surface area contributed by atoms with E-state index in [-0.39, 0.29) is 0 Å². The minimum absolute atomic E-state index is 0.610. The van der Waals surface area contributed by atoms with Crippen LogP contribution in [0.2, 0.25) is 0 Å². The zero-order valence-corrected chi connectivity index (χ0v) is 12.6. The molecule has 100 valence electrons. The van der Waals surface area contributed by atoms with Crippen molar-refractivity contribution in [2.75, 3.05) is 5.32 Å². The SMILES string of the molecule is Brc1cnc2c(NC3CCCCCC3)cccc2c1. The van der Waals surface area contributed by atoms with Crippen LogP contribution in [0.15, 0.2) is 34.9 Å². The molecule has 3 rings (SSSR count). The predicted molar refractivity (Wildman–Crippen MR) is 84.6 cm³/mol. The van der Waals surface area contributed by atoms with Crippen LogP contribution in [0, 0.1) is 0 Å². The fourth-order valence-electron chi connectivity index (χ4n) is 2.89. The molecular weight excluding hydrogens is 300 g/mol. The summed E-state index contributed by atoms with van der Waals surface area (Å²) in [5.74, 6) is 0. The number of para-hydroxylation sites is 1. The quantitative estimate of drug-likeness (QED) is 0.776. The Bertz CT molecular complexity index is 560. The highest BCUT2D eigenvalue weighted by atomic mass is 79.9. The van der Waals surface area contributed by atoms with Crippen LogP contribution < -0.4 is 5.32 Å². The lowest BCUT2D eigenvalue weighted by Gasteiger charge is -2.18. The molecule has 1 heterocycles. The highest BCUT2D eigenvalue weighted by Crippen LogP contribution is 2.27. The lowest BCUT2D eigenvalue weighted by molar-refractivity contribution is 0.620. The molecule has 2 aromatic rings. The topological polar surface area (TPSA) is 24.9 Å². The molecule has 3 heteroatoms. The lowest BCUT2D eigenvalue weighted by atomic mass is 10.1. The van der Waals surface area contributed by atoms with Crippen molar-refractivity contribution < 1.29 is 0 Å². The van der Waals surface area contributed by atoms with Crippen molar-refractivity contribution in [1.29, 1.82) is 0 Å². The largest absolute Gasteiger partial charge is 0.381 e. The monoisotopic (exact) mass is 318 g/mol. The molecule has 1 saturated carbocycles. The molecule has 1 aromatic carbocycles. The number of fused-ring (bicyclic) bond motifs is 1. The molecule has 0 bridgehead atoms. The number of hydrogen-bond donors (Lipinski definition) is 1. The van der Waals surface area contributed by atoms with Crippen LogP contribution in [0.1, 0.15) is 38.5 Å². The summed E-state index contributed by atoms with van der Waals surface area (Å²) in [6, 6.07) is 9.11. The first-order chi connectivity index (χ1) is 9.33. The van der Waals surface area contributed by atoms with E-state index in [1.54, 1.807) is 0 Å². The Hall–Kier alpha value is -1.09. The van der Waals surface area contributed by atoms with E-state index < -0.39 is 0 Å². The number of nitrogens with zero attached hydrogens (tertiary/aromatic N) is 1. The first-order valence-corrected chi connectivity index (χ1v) is 7.93. The van der Waals surface area contributed by atoms with Gasteiger partial charge in [-0.15, -0.1) is 0 Å². The maximum Gasteiger partial charge on any atom is 0.0934 e. The maximum atomic E-state index is 4.56. The molecule has 1 fully saturated rings. The minimum atomic E-state index is 0.610. The summed E-state index contributed by atoms with van der Waals surface area (Å²) < 4.78 is 1.03. The third kappa shape index (κ3) is 3.08. The summed E-state index contributed by atoms with van der Waals surface area (Å²) >= 11 is 3.48. The summed E-state index contributed by atoms with van der Waals surface area (Å²) in [6.45, 7) is 0. The van der Waals surface area contributed by atoms with Crippen molar-refractivity contribution in [3.05, 3.63) is 34.9 Å². The van der Waals surface area contributed by atoms with Gasteiger partial charge in [0.15, 0.2) is 0 Å². The van der Waals surface area contributed by atoms with Crippen molar-refractivity contribution in [1.82, 2.24) is 4.98 Å². The normalized spacial score (nSPS) is 17.3. The van der Waals surface area contributed by atoms with E-state index in [4.69, 9.17) is 0 Å². The Labute approximate surface area is 122 Å². The second kappa shape index (κ2) is 5.91. The number of benzene rings is 1. The first-order valence-electron chi connectivity index (χ1n) is 7.14. The van der Waals surface area contributed by atoms with Gasteiger partial charge < -0.3 is 5.32 Å². The Morgan fingerprint density at radius 2 is 1.89 bits per heavy atom. The molecule has 0 spiro atoms. The number of anilines is 1. The van der Waals surface area contributed by atoms with Crippen molar-refractivity contribution in [2.24, 2.45) is 0 Å². The minimum Gasteiger partial charge on any atom is -0.381 e. The van der Waals surface area contributed by atoms with E-state index in [9.17, 15) is 0 Å². The van der Waals surface area contributed by atoms with Crippen LogP contribution >= 0.6 is 15.9 Å². The summed E-state index contributed by atoms with van der Waals surface area (Å²) in [4.78, 5) is 4.56. The number of aromatic nitrogens is 1. The number of halogens is 1. The standard InChI is InChI=1S/C16H19BrN2/c17-13-10-12-6-5-9-15(16(12)18-11-13)19-14-7-3-1-2-4-8-14/h5-6,9-11,14,19H,1-4,7-8H2. The molecule has 0 amide bonds. The summed E-state index contributed by atoms with van der Waals surface area (Å²) in [7, 11) is 0. The Morgan fingerprint density at radius 1 is 1.11 bits per heavy atom. The number of nitrogens with one attached hydrogen (secondary N) is 1. The van der Waals surface area contributed by atoms with Gasteiger partial charge in [0.2, 0.25) is 0 Å². The zero-order valence-electron chi connectivity index (χ0n) is 11.0. The second-order valence-corrected chi connectivity index (χ2v) is 6.28. The van der Waals surface area contributed by atoms with Crippen LogP contribution in [0.4, 0.5) is 5.69 Å². The Kier molecular flexibility index (Phi) is 4.02. The van der Waals surface area contributed by atoms with Crippen LogP contribution in [0.3, 0.4) is 0 Å². The molecular formula is C16H19BrN2. The summed E-state index contributed by atoms with van der Waals surface area (Å²) in [5.41, 5.74) is 2.26. The van der Waals surface area contributed by atoms with Gasteiger partial charge in [0.1, 0.15) is 0 Å². The van der Waals surface area contributed by atoms with Gasteiger partial charge in [0, 0.05) is 22.1 Å². The van der Waals surface area contributed by atoms with Crippen LogP contribution in [0.5, 0.6) is 0 Å². The fraction of sp³-hybridized carbons (Fsp3) is 0.438. The highest BCUT2D eigenvalue weighted by molar-refractivity contribution is 9.10. The molecule has 1 aromatic heterocycles. The van der Waals surface area contributed by atoms with Crippen molar-refractivity contribution in [3.8, 4) is 0 Å². The third-order valence-corrected chi connectivity index (χ3v) is 4.33. The Morgan fingerprint density at radius 3 is 2.68 bits per heavy atom. The van der Waals surface area contributed by atoms with E-state index >= 15 is 0 Å². The van der Waals surface area contributed by atoms with E-state index in [1.165, 1.54) is 49.6 Å². The second-order valence-electron chi connectivity index (χ2n) is 5.36. The fourth-order valence-corrected chi connectivity index (χ4v) is 3.24. The molecule has 1 aliphatic rings. The highest BCUT2D eigenvalue weighted by Gasteiger charge is 2.13. The summed E-state index contributed by atoms with van der Waals surface area (Å²) in [6.07, 6.45) is 9.92. The lowest BCUT2D eigenvalue weighted by Crippen LogP contribution is -2.18. The molecule has 1 aliphatic carbocycles. The Balaban J connectivity index is 1.87. The van der Waals surface area contributed by atoms with E-state index in [2.05, 4.69) is 50.5 Å². The molecule has 0 aliphatic heterocycles. The van der Waals surface area contributed by atoms with Gasteiger partial charge in [0.05, 0.1) is 11.2 Å². The molecule has 19 heavy (non-hydrogen) atoms. The van der Waals surface area contributed by atoms with Gasteiger partial charge in [-0.1, -0.05) is 37.8 Å². The van der Waals surface area contributed by atoms with Gasteiger partial charge >= 0.3 is 0 Å². The van der Waals surface area contributed by atoms with Crippen molar-refractivity contribution in [2.45, 2.75) is 44.6 Å². The van der Waals surface area contributed by atoms with Crippen LogP contribution in [0.25, 0.3) is 10.9 Å².